The Labute approximate surface area is 89.7 Å². The van der Waals surface area contributed by atoms with Crippen molar-refractivity contribution in [3.63, 3.8) is 0 Å². The summed E-state index contributed by atoms with van der Waals surface area (Å²) in [5, 5.41) is 11.7. The van der Waals surface area contributed by atoms with Gasteiger partial charge in [0.1, 0.15) is 10.3 Å². The van der Waals surface area contributed by atoms with Crippen molar-refractivity contribution in [2.75, 3.05) is 11.9 Å². The van der Waals surface area contributed by atoms with Crippen molar-refractivity contribution in [1.29, 1.82) is 0 Å². The number of aliphatic hydroxyl groups excluding tert-OH is 1. The highest BCUT2D eigenvalue weighted by Crippen LogP contribution is 2.14. The molecule has 78 valence electrons. The number of aromatic amines is 1. The zero-order valence-electron chi connectivity index (χ0n) is 7.75. The number of nitrogens with one attached hydrogen (secondary N) is 2. The Balaban J connectivity index is 2.76. The zero-order valence-corrected chi connectivity index (χ0v) is 9.34. The summed E-state index contributed by atoms with van der Waals surface area (Å²) in [4.78, 5) is 17.6. The Kier molecular flexibility index (Phi) is 4.09. The molecule has 0 aromatic carbocycles. The maximum Gasteiger partial charge on any atom is 0.267 e. The van der Waals surface area contributed by atoms with Gasteiger partial charge in [0.15, 0.2) is 0 Å². The quantitative estimate of drug-likeness (QED) is 0.747. The van der Waals surface area contributed by atoms with E-state index in [4.69, 9.17) is 5.11 Å². The molecule has 1 heterocycles. The van der Waals surface area contributed by atoms with Crippen molar-refractivity contribution < 1.29 is 5.11 Å². The molecule has 0 saturated carbocycles. The number of hydrogen-bond acceptors (Lipinski definition) is 4. The lowest BCUT2D eigenvalue weighted by Crippen LogP contribution is -2.20. The van der Waals surface area contributed by atoms with E-state index in [1.54, 1.807) is 0 Å². The van der Waals surface area contributed by atoms with Crippen molar-refractivity contribution >= 4 is 21.7 Å². The molecule has 0 fully saturated rings. The van der Waals surface area contributed by atoms with Gasteiger partial charge in [0, 0.05) is 12.6 Å². The number of halogens is 1. The summed E-state index contributed by atoms with van der Waals surface area (Å²) < 4.78 is 0.379. The Morgan fingerprint density at radius 3 is 3.14 bits per heavy atom. The molecule has 1 rings (SSSR count). The Bertz CT molecular complexity index is 353. The molecule has 14 heavy (non-hydrogen) atoms. The average molecular weight is 262 g/mol. The molecule has 3 N–H and O–H groups in total. The molecular weight excluding hydrogens is 250 g/mol. The number of aliphatic hydroxyl groups is 1. The number of rotatable bonds is 4. The summed E-state index contributed by atoms with van der Waals surface area (Å²) in [7, 11) is 0. The first-order valence-electron chi connectivity index (χ1n) is 4.25. The molecule has 0 bridgehead atoms. The van der Waals surface area contributed by atoms with E-state index >= 15 is 0 Å². The van der Waals surface area contributed by atoms with Crippen molar-refractivity contribution in [3.8, 4) is 0 Å². The fraction of sp³-hybridized carbons (Fsp3) is 0.500. The monoisotopic (exact) mass is 261 g/mol. The van der Waals surface area contributed by atoms with Gasteiger partial charge in [-0.2, -0.15) is 0 Å². The van der Waals surface area contributed by atoms with Crippen LogP contribution in [0.25, 0.3) is 0 Å². The summed E-state index contributed by atoms with van der Waals surface area (Å²) >= 11 is 3.13. The van der Waals surface area contributed by atoms with Gasteiger partial charge in [-0.05, 0) is 29.3 Å². The first-order chi connectivity index (χ1) is 6.65. The lowest BCUT2D eigenvalue weighted by molar-refractivity contribution is 0.282. The fourth-order valence-corrected chi connectivity index (χ4v) is 1.31. The number of anilines is 1. The van der Waals surface area contributed by atoms with Crippen molar-refractivity contribution in [3.05, 3.63) is 21.2 Å². The van der Waals surface area contributed by atoms with Crippen LogP contribution in [0.15, 0.2) is 15.6 Å². The number of nitrogens with zero attached hydrogens (tertiary/aromatic N) is 1. The summed E-state index contributed by atoms with van der Waals surface area (Å²) in [6.07, 6.45) is 1.95. The lowest BCUT2D eigenvalue weighted by Gasteiger charge is -2.13. The predicted molar refractivity (Wildman–Crippen MR) is 57.3 cm³/mol. The van der Waals surface area contributed by atoms with E-state index < -0.39 is 0 Å². The molecule has 0 aliphatic carbocycles. The molecule has 6 heteroatoms. The first-order valence-corrected chi connectivity index (χ1v) is 5.05. The molecule has 1 aromatic rings. The van der Waals surface area contributed by atoms with Crippen LogP contribution in [-0.2, 0) is 0 Å². The van der Waals surface area contributed by atoms with Crippen molar-refractivity contribution in [2.45, 2.75) is 19.4 Å². The number of hydrogen-bond donors (Lipinski definition) is 3. The van der Waals surface area contributed by atoms with Crippen LogP contribution in [0.5, 0.6) is 0 Å². The minimum atomic E-state index is -0.223. The van der Waals surface area contributed by atoms with E-state index in [-0.39, 0.29) is 18.2 Å². The van der Waals surface area contributed by atoms with Gasteiger partial charge in [-0.15, -0.1) is 0 Å². The van der Waals surface area contributed by atoms with E-state index in [9.17, 15) is 4.79 Å². The topological polar surface area (TPSA) is 78.0 Å². The maximum atomic E-state index is 11.1. The highest BCUT2D eigenvalue weighted by Gasteiger charge is 2.07. The van der Waals surface area contributed by atoms with Gasteiger partial charge in [0.2, 0.25) is 0 Å². The van der Waals surface area contributed by atoms with Crippen molar-refractivity contribution in [1.82, 2.24) is 9.97 Å². The second-order valence-corrected chi connectivity index (χ2v) is 3.74. The molecule has 0 saturated heterocycles. The molecule has 1 unspecified atom stereocenters. The third kappa shape index (κ3) is 2.81. The van der Waals surface area contributed by atoms with E-state index in [0.29, 0.717) is 16.7 Å². The summed E-state index contributed by atoms with van der Waals surface area (Å²) in [5.74, 6) is 0.495. The highest BCUT2D eigenvalue weighted by atomic mass is 79.9. The second kappa shape index (κ2) is 5.11. The Morgan fingerprint density at radius 1 is 1.79 bits per heavy atom. The third-order valence-corrected chi connectivity index (χ3v) is 2.48. The molecule has 1 atom stereocenters. The van der Waals surface area contributed by atoms with Crippen molar-refractivity contribution in [2.24, 2.45) is 0 Å². The van der Waals surface area contributed by atoms with E-state index in [1.165, 1.54) is 6.33 Å². The minimum Gasteiger partial charge on any atom is -0.396 e. The molecule has 0 aliphatic rings. The maximum absolute atomic E-state index is 11.1. The van der Waals surface area contributed by atoms with Crippen LogP contribution in [0, 0.1) is 0 Å². The van der Waals surface area contributed by atoms with E-state index in [1.807, 2.05) is 6.92 Å². The van der Waals surface area contributed by atoms with Crippen LogP contribution in [0.4, 0.5) is 5.82 Å². The normalized spacial score (nSPS) is 12.5. The predicted octanol–water partition coefficient (Wildman–Crippen LogP) is 0.715. The average Bonchev–Trinajstić information content (AvgIpc) is 2.13. The van der Waals surface area contributed by atoms with Gasteiger partial charge < -0.3 is 15.4 Å². The summed E-state index contributed by atoms with van der Waals surface area (Å²) in [6.45, 7) is 2.01. The zero-order chi connectivity index (χ0) is 10.6. The van der Waals surface area contributed by atoms with E-state index in [2.05, 4.69) is 31.2 Å². The highest BCUT2D eigenvalue weighted by molar-refractivity contribution is 9.10. The standard InChI is InChI=1S/C8H12BrN3O2/c1-5(2-3-13)12-7-6(9)8(14)11-4-10-7/h4-5,13H,2-3H2,1H3,(H2,10,11,12,14). The van der Waals surface area contributed by atoms with Gasteiger partial charge in [-0.25, -0.2) is 4.98 Å². The van der Waals surface area contributed by atoms with Gasteiger partial charge in [-0.3, -0.25) is 4.79 Å². The molecule has 1 aromatic heterocycles. The van der Waals surface area contributed by atoms with Crippen LogP contribution >= 0.6 is 15.9 Å². The van der Waals surface area contributed by atoms with Crippen LogP contribution in [0.3, 0.4) is 0 Å². The number of H-pyrrole nitrogens is 1. The Hall–Kier alpha value is -0.880. The molecule has 0 radical (unpaired) electrons. The molecule has 5 nitrogen and oxygen atoms in total. The first kappa shape index (κ1) is 11.2. The molecule has 0 aliphatic heterocycles. The van der Waals surface area contributed by atoms with Gasteiger partial charge in [0.25, 0.3) is 5.56 Å². The smallest absolute Gasteiger partial charge is 0.267 e. The van der Waals surface area contributed by atoms with Crippen LogP contribution in [0.1, 0.15) is 13.3 Å². The SMILES string of the molecule is CC(CCO)Nc1nc[nH]c(=O)c1Br. The fourth-order valence-electron chi connectivity index (χ4n) is 0.983. The number of aromatic nitrogens is 2. The largest absolute Gasteiger partial charge is 0.396 e. The summed E-state index contributed by atoms with van der Waals surface area (Å²) in [5.41, 5.74) is -0.223. The van der Waals surface area contributed by atoms with Crippen LogP contribution in [-0.4, -0.2) is 27.7 Å². The van der Waals surface area contributed by atoms with Gasteiger partial charge in [0.05, 0.1) is 6.33 Å². The third-order valence-electron chi connectivity index (χ3n) is 1.74. The molecule has 0 spiro atoms. The second-order valence-electron chi connectivity index (χ2n) is 2.95. The summed E-state index contributed by atoms with van der Waals surface area (Å²) in [6, 6.07) is 0.0746. The minimum absolute atomic E-state index is 0.0746. The van der Waals surface area contributed by atoms with E-state index in [0.717, 1.165) is 0 Å². The van der Waals surface area contributed by atoms with Gasteiger partial charge >= 0.3 is 0 Å². The lowest BCUT2D eigenvalue weighted by atomic mass is 10.2. The van der Waals surface area contributed by atoms with Crippen LogP contribution in [0.2, 0.25) is 0 Å². The van der Waals surface area contributed by atoms with Gasteiger partial charge in [-0.1, -0.05) is 0 Å². The Morgan fingerprint density at radius 2 is 2.50 bits per heavy atom. The van der Waals surface area contributed by atoms with Crippen LogP contribution < -0.4 is 10.9 Å². The molecule has 0 amide bonds. The molecular formula is C8H12BrN3O2.